The van der Waals surface area contributed by atoms with Crippen molar-refractivity contribution in [3.8, 4) is 5.88 Å². The molecule has 0 radical (unpaired) electrons. The molecular weight excluding hydrogens is 306 g/mol. The molecule has 1 aliphatic rings. The Morgan fingerprint density at radius 1 is 1.12 bits per heavy atom. The summed E-state index contributed by atoms with van der Waals surface area (Å²) < 4.78 is 5.80. The van der Waals surface area contributed by atoms with E-state index >= 15 is 0 Å². The Hall–Kier alpha value is -2.74. The van der Waals surface area contributed by atoms with E-state index in [0.717, 1.165) is 37.0 Å². The van der Waals surface area contributed by atoms with Gasteiger partial charge in [0.15, 0.2) is 5.82 Å². The molecule has 3 N–H and O–H groups in total. The number of pyridine rings is 1. The first kappa shape index (κ1) is 14.8. The summed E-state index contributed by atoms with van der Waals surface area (Å²) in [6.07, 6.45) is 8.91. The van der Waals surface area contributed by atoms with Gasteiger partial charge in [0.25, 0.3) is 0 Å². The second-order valence-electron chi connectivity index (χ2n) is 5.86. The summed E-state index contributed by atoms with van der Waals surface area (Å²) in [5.41, 5.74) is 1.74. The van der Waals surface area contributed by atoms with Crippen LogP contribution in [0.15, 0.2) is 31.0 Å². The van der Waals surface area contributed by atoms with Gasteiger partial charge in [0.2, 0.25) is 5.88 Å². The van der Waals surface area contributed by atoms with Crippen LogP contribution in [-0.2, 0) is 0 Å². The van der Waals surface area contributed by atoms with Gasteiger partial charge in [-0.05, 0) is 31.8 Å². The van der Waals surface area contributed by atoms with Gasteiger partial charge in [-0.1, -0.05) is 0 Å². The van der Waals surface area contributed by atoms with Crippen LogP contribution in [0.1, 0.15) is 12.8 Å². The van der Waals surface area contributed by atoms with Crippen LogP contribution in [0.4, 0.5) is 11.6 Å². The number of rotatable bonds is 5. The highest BCUT2D eigenvalue weighted by atomic mass is 16.5. The number of fused-ring (bicyclic) bond motifs is 1. The summed E-state index contributed by atoms with van der Waals surface area (Å²) in [4.78, 5) is 20.2. The highest BCUT2D eigenvalue weighted by Gasteiger charge is 2.14. The normalized spacial score (nSPS) is 15.5. The topological polar surface area (TPSA) is 101 Å². The van der Waals surface area contributed by atoms with Crippen LogP contribution in [0.3, 0.4) is 0 Å². The van der Waals surface area contributed by atoms with E-state index in [0.29, 0.717) is 30.0 Å². The predicted molar refractivity (Wildman–Crippen MR) is 90.3 cm³/mol. The first-order valence-corrected chi connectivity index (χ1v) is 8.08. The number of piperidine rings is 1. The van der Waals surface area contributed by atoms with Crippen molar-refractivity contribution in [2.75, 3.05) is 25.0 Å². The van der Waals surface area contributed by atoms with Crippen molar-refractivity contribution in [3.63, 3.8) is 0 Å². The van der Waals surface area contributed by atoms with Gasteiger partial charge >= 0.3 is 0 Å². The number of hydrogen-bond donors (Lipinski definition) is 3. The van der Waals surface area contributed by atoms with Crippen molar-refractivity contribution in [3.05, 3.63) is 31.0 Å². The van der Waals surface area contributed by atoms with E-state index in [1.165, 1.54) is 0 Å². The lowest BCUT2D eigenvalue weighted by Gasteiger charge is -2.22. The molecular formula is C16H19N7O. The molecule has 0 amide bonds. The van der Waals surface area contributed by atoms with Crippen LogP contribution in [0, 0.1) is 5.92 Å². The zero-order valence-electron chi connectivity index (χ0n) is 13.2. The summed E-state index contributed by atoms with van der Waals surface area (Å²) in [5, 5.41) is 6.49. The second-order valence-corrected chi connectivity index (χ2v) is 5.86. The Morgan fingerprint density at radius 3 is 2.96 bits per heavy atom. The predicted octanol–water partition coefficient (Wildman–Crippen LogP) is 1.87. The van der Waals surface area contributed by atoms with Crippen molar-refractivity contribution in [1.29, 1.82) is 0 Å². The minimum atomic E-state index is 0.529. The number of nitrogens with one attached hydrogen (secondary N) is 3. The molecule has 1 fully saturated rings. The highest BCUT2D eigenvalue weighted by molar-refractivity contribution is 5.77. The molecule has 3 aromatic heterocycles. The minimum Gasteiger partial charge on any atom is -0.476 e. The quantitative estimate of drug-likeness (QED) is 0.658. The molecule has 3 aromatic rings. The molecule has 8 nitrogen and oxygen atoms in total. The monoisotopic (exact) mass is 325 g/mol. The van der Waals surface area contributed by atoms with E-state index in [9.17, 15) is 0 Å². The average molecular weight is 325 g/mol. The van der Waals surface area contributed by atoms with E-state index < -0.39 is 0 Å². The maximum absolute atomic E-state index is 5.80. The number of hydrogen-bond acceptors (Lipinski definition) is 7. The molecule has 1 aliphatic heterocycles. The average Bonchev–Trinajstić information content (AvgIpc) is 3.09. The summed E-state index contributed by atoms with van der Waals surface area (Å²) in [7, 11) is 0. The fourth-order valence-corrected chi connectivity index (χ4v) is 2.77. The van der Waals surface area contributed by atoms with E-state index in [1.807, 2.05) is 6.07 Å². The molecule has 124 valence electrons. The molecule has 0 aliphatic carbocycles. The number of aromatic nitrogens is 5. The van der Waals surface area contributed by atoms with E-state index in [2.05, 4.69) is 35.6 Å². The maximum atomic E-state index is 5.80. The van der Waals surface area contributed by atoms with E-state index in [1.54, 1.807) is 24.9 Å². The van der Waals surface area contributed by atoms with Crippen LogP contribution in [0.5, 0.6) is 5.88 Å². The summed E-state index contributed by atoms with van der Waals surface area (Å²) in [6, 6.07) is 1.88. The molecule has 0 aromatic carbocycles. The molecule has 0 bridgehead atoms. The van der Waals surface area contributed by atoms with Crippen molar-refractivity contribution in [2.45, 2.75) is 12.8 Å². The third-order valence-electron chi connectivity index (χ3n) is 4.10. The largest absolute Gasteiger partial charge is 0.476 e. The number of anilines is 2. The van der Waals surface area contributed by atoms with Crippen LogP contribution in [0.25, 0.3) is 11.0 Å². The highest BCUT2D eigenvalue weighted by Crippen LogP contribution is 2.18. The molecule has 0 atom stereocenters. The summed E-state index contributed by atoms with van der Waals surface area (Å²) in [5.74, 6) is 2.39. The third-order valence-corrected chi connectivity index (χ3v) is 4.10. The fourth-order valence-electron chi connectivity index (χ4n) is 2.77. The van der Waals surface area contributed by atoms with Crippen LogP contribution in [-0.4, -0.2) is 44.6 Å². The van der Waals surface area contributed by atoms with Crippen LogP contribution < -0.4 is 15.4 Å². The number of nitrogens with zero attached hydrogens (tertiary/aromatic N) is 4. The lowest BCUT2D eigenvalue weighted by Crippen LogP contribution is -2.30. The molecule has 0 saturated carbocycles. The molecule has 0 unspecified atom stereocenters. The summed E-state index contributed by atoms with van der Waals surface area (Å²) >= 11 is 0. The molecule has 4 rings (SSSR count). The standard InChI is InChI=1S/C16H19N7O/c1-3-17-4-2-11(1)9-24-16-8-18-7-15(23-16)22-14-5-12-13(6-19-14)21-10-20-12/h5-8,10-11,17H,1-4,9H2,(H,20,21)(H,19,22,23). The third kappa shape index (κ3) is 3.43. The lowest BCUT2D eigenvalue weighted by atomic mass is 9.99. The smallest absolute Gasteiger partial charge is 0.234 e. The van der Waals surface area contributed by atoms with Crippen molar-refractivity contribution in [1.82, 2.24) is 30.2 Å². The van der Waals surface area contributed by atoms with Crippen LogP contribution >= 0.6 is 0 Å². The van der Waals surface area contributed by atoms with Crippen molar-refractivity contribution < 1.29 is 4.74 Å². The molecule has 24 heavy (non-hydrogen) atoms. The summed E-state index contributed by atoms with van der Waals surface area (Å²) in [6.45, 7) is 2.80. The number of ether oxygens (including phenoxy) is 1. The van der Waals surface area contributed by atoms with Gasteiger partial charge in [0.05, 0.1) is 37.0 Å². The fraction of sp³-hybridized carbons (Fsp3) is 0.375. The second kappa shape index (κ2) is 6.79. The molecule has 0 spiro atoms. The van der Waals surface area contributed by atoms with Gasteiger partial charge in [0.1, 0.15) is 11.3 Å². The van der Waals surface area contributed by atoms with Gasteiger partial charge in [-0.25, -0.2) is 9.97 Å². The Balaban J connectivity index is 1.41. The van der Waals surface area contributed by atoms with Gasteiger partial charge < -0.3 is 20.4 Å². The van der Waals surface area contributed by atoms with Gasteiger partial charge in [-0.15, -0.1) is 0 Å². The zero-order valence-corrected chi connectivity index (χ0v) is 13.2. The van der Waals surface area contributed by atoms with Crippen molar-refractivity contribution >= 4 is 22.7 Å². The van der Waals surface area contributed by atoms with Gasteiger partial charge in [-0.3, -0.25) is 4.98 Å². The van der Waals surface area contributed by atoms with E-state index in [-0.39, 0.29) is 0 Å². The van der Waals surface area contributed by atoms with Crippen LogP contribution in [0.2, 0.25) is 0 Å². The van der Waals surface area contributed by atoms with E-state index in [4.69, 9.17) is 4.74 Å². The Labute approximate surface area is 139 Å². The Bertz CT molecular complexity index is 813. The Kier molecular flexibility index (Phi) is 4.20. The van der Waals surface area contributed by atoms with Gasteiger partial charge in [-0.2, -0.15) is 4.98 Å². The zero-order chi connectivity index (χ0) is 16.2. The molecule has 4 heterocycles. The Morgan fingerprint density at radius 2 is 2.04 bits per heavy atom. The number of aromatic amines is 1. The van der Waals surface area contributed by atoms with Gasteiger partial charge in [0, 0.05) is 6.07 Å². The minimum absolute atomic E-state index is 0.529. The SMILES string of the molecule is c1nc2cnc(Nc3cncc(OCC4CCNCC4)n3)cc2[nH]1. The number of H-pyrrole nitrogens is 1. The maximum Gasteiger partial charge on any atom is 0.234 e. The molecule has 8 heteroatoms. The first-order valence-electron chi connectivity index (χ1n) is 8.08. The van der Waals surface area contributed by atoms with Crippen molar-refractivity contribution in [2.24, 2.45) is 5.92 Å². The first-order chi connectivity index (χ1) is 11.9. The number of imidazole rings is 1. The lowest BCUT2D eigenvalue weighted by molar-refractivity contribution is 0.208. The molecule has 1 saturated heterocycles.